The number of benzene rings is 5. The topological polar surface area (TPSA) is 60.4 Å². The Morgan fingerprint density at radius 1 is 0.542 bits per heavy atom. The predicted molar refractivity (Wildman–Crippen MR) is 186 cm³/mol. The van der Waals surface area contributed by atoms with Gasteiger partial charge in [0.2, 0.25) is 0 Å². The van der Waals surface area contributed by atoms with Crippen molar-refractivity contribution in [2.45, 2.75) is 56.8 Å². The van der Waals surface area contributed by atoms with Crippen molar-refractivity contribution in [3.8, 4) is 11.8 Å². The van der Waals surface area contributed by atoms with Crippen molar-refractivity contribution in [2.75, 3.05) is 6.61 Å². The Hall–Kier alpha value is -4.58. The molecule has 0 amide bonds. The molecule has 6 heteroatoms. The smallest absolute Gasteiger partial charge is 0.125 e. The van der Waals surface area contributed by atoms with Gasteiger partial charge in [-0.2, -0.15) is 5.06 Å². The van der Waals surface area contributed by atoms with E-state index in [0.717, 1.165) is 27.8 Å². The molecule has 0 saturated carbocycles. The third-order valence-electron chi connectivity index (χ3n) is 8.35. The molecule has 6 rings (SSSR count). The maximum Gasteiger partial charge on any atom is 0.125 e. The molecule has 0 spiro atoms. The molecule has 0 unspecified atom stereocenters. The summed E-state index contributed by atoms with van der Waals surface area (Å²) in [6.07, 6.45) is -1.78. The molecular formula is C42H41NO5. The summed E-state index contributed by atoms with van der Waals surface area (Å²) in [5.74, 6) is 6.59. The largest absolute Gasteiger partial charge is 0.374 e. The van der Waals surface area contributed by atoms with Gasteiger partial charge in [0.05, 0.1) is 39.1 Å². The summed E-state index contributed by atoms with van der Waals surface area (Å²) in [5, 5.41) is 13.4. The Balaban J connectivity index is 1.33. The van der Waals surface area contributed by atoms with Gasteiger partial charge in [0.1, 0.15) is 24.4 Å². The highest BCUT2D eigenvalue weighted by Gasteiger charge is 2.53. The molecule has 1 heterocycles. The lowest BCUT2D eigenvalue weighted by Gasteiger charge is -2.32. The molecule has 5 atom stereocenters. The van der Waals surface area contributed by atoms with Crippen LogP contribution in [-0.4, -0.2) is 47.3 Å². The van der Waals surface area contributed by atoms with Crippen molar-refractivity contribution < 1.29 is 24.2 Å². The Kier molecular flexibility index (Phi) is 12.2. The highest BCUT2D eigenvalue weighted by Crippen LogP contribution is 2.33. The molecule has 1 N–H and O–H groups in total. The van der Waals surface area contributed by atoms with Gasteiger partial charge in [0, 0.05) is 5.56 Å². The normalized spacial score (nSPS) is 19.8. The molecule has 0 radical (unpaired) electrons. The van der Waals surface area contributed by atoms with Crippen LogP contribution in [0.4, 0.5) is 0 Å². The van der Waals surface area contributed by atoms with E-state index in [1.807, 2.05) is 152 Å². The molecule has 1 aliphatic heterocycles. The molecule has 5 aromatic rings. The minimum absolute atomic E-state index is 0.221. The van der Waals surface area contributed by atoms with Crippen molar-refractivity contribution in [2.24, 2.45) is 0 Å². The zero-order chi connectivity index (χ0) is 32.8. The van der Waals surface area contributed by atoms with E-state index in [-0.39, 0.29) is 6.61 Å². The average molecular weight is 640 g/mol. The third-order valence-corrected chi connectivity index (χ3v) is 8.35. The Morgan fingerprint density at radius 3 is 1.50 bits per heavy atom. The van der Waals surface area contributed by atoms with Gasteiger partial charge in [-0.1, -0.05) is 151 Å². The lowest BCUT2D eigenvalue weighted by molar-refractivity contribution is -0.188. The van der Waals surface area contributed by atoms with Crippen LogP contribution in [0.25, 0.3) is 0 Å². The van der Waals surface area contributed by atoms with Crippen LogP contribution in [0.1, 0.15) is 27.8 Å². The van der Waals surface area contributed by atoms with E-state index in [0.29, 0.717) is 26.4 Å². The van der Waals surface area contributed by atoms with Crippen LogP contribution in [0.5, 0.6) is 0 Å². The maximum atomic E-state index is 12.1. The maximum absolute atomic E-state index is 12.1. The first-order chi connectivity index (χ1) is 23.7. The number of ether oxygens (including phenoxy) is 4. The second kappa shape index (κ2) is 17.5. The summed E-state index contributed by atoms with van der Waals surface area (Å²) >= 11 is 0. The van der Waals surface area contributed by atoms with E-state index in [1.165, 1.54) is 5.06 Å². The van der Waals surface area contributed by atoms with Gasteiger partial charge in [-0.15, -0.1) is 0 Å². The Labute approximate surface area is 283 Å². The van der Waals surface area contributed by atoms with Gasteiger partial charge in [0.15, 0.2) is 0 Å². The average Bonchev–Trinajstić information content (AvgIpc) is 3.41. The van der Waals surface area contributed by atoms with Crippen LogP contribution < -0.4 is 0 Å². The van der Waals surface area contributed by atoms with E-state index < -0.39 is 30.4 Å². The second-order valence-electron chi connectivity index (χ2n) is 11.8. The van der Waals surface area contributed by atoms with E-state index in [9.17, 15) is 5.21 Å². The van der Waals surface area contributed by atoms with Crippen molar-refractivity contribution >= 4 is 0 Å². The van der Waals surface area contributed by atoms with Gasteiger partial charge in [-0.3, -0.25) is 0 Å². The number of nitrogens with zero attached hydrogens (tertiary/aromatic N) is 1. The number of rotatable bonds is 14. The highest BCUT2D eigenvalue weighted by molar-refractivity contribution is 5.36. The van der Waals surface area contributed by atoms with Crippen LogP contribution in [0.15, 0.2) is 152 Å². The van der Waals surface area contributed by atoms with Gasteiger partial charge in [-0.05, 0) is 34.4 Å². The van der Waals surface area contributed by atoms with Crippen molar-refractivity contribution in [1.82, 2.24) is 5.06 Å². The number of hydrogen-bond donors (Lipinski definition) is 1. The summed E-state index contributed by atoms with van der Waals surface area (Å²) in [6.45, 7) is 1.63. The molecule has 6 nitrogen and oxygen atoms in total. The summed E-state index contributed by atoms with van der Waals surface area (Å²) < 4.78 is 26.3. The SMILES string of the molecule is ON1[C@@H]([C@@H](COCc2ccccc2)OCc2ccccc2)[C@H](OCc2ccccc2)[C@@H](OCc2ccccc2)[C@@H]1C#Cc1ccccc1. The number of hydroxylamine groups is 2. The quantitative estimate of drug-likeness (QED) is 0.127. The molecule has 0 aromatic heterocycles. The lowest BCUT2D eigenvalue weighted by Crippen LogP contribution is -2.49. The molecule has 48 heavy (non-hydrogen) atoms. The first kappa shape index (κ1) is 33.3. The molecule has 244 valence electrons. The fourth-order valence-corrected chi connectivity index (χ4v) is 5.87. The van der Waals surface area contributed by atoms with Crippen LogP contribution in [-0.2, 0) is 45.4 Å². The molecule has 5 aromatic carbocycles. The molecule has 1 aliphatic rings. The molecule has 0 aliphatic carbocycles. The standard InChI is InChI=1S/C42H41NO5/c44-43-38(27-26-33-16-6-1-7-17-33)41(47-30-36-22-12-4-13-23-36)42(48-31-37-24-14-5-15-25-37)40(43)39(46-29-35-20-10-3-11-21-35)32-45-28-34-18-8-2-9-19-34/h1-25,38-42,44H,28-32H2/t38-,39+,40-,41-,42-/m0/s1. The summed E-state index contributed by atoms with van der Waals surface area (Å²) in [7, 11) is 0. The summed E-state index contributed by atoms with van der Waals surface area (Å²) in [6, 6.07) is 48.5. The van der Waals surface area contributed by atoms with Crippen LogP contribution in [0.3, 0.4) is 0 Å². The van der Waals surface area contributed by atoms with E-state index in [1.54, 1.807) is 0 Å². The van der Waals surface area contributed by atoms with Crippen molar-refractivity contribution in [3.63, 3.8) is 0 Å². The van der Waals surface area contributed by atoms with Crippen LogP contribution in [0.2, 0.25) is 0 Å². The van der Waals surface area contributed by atoms with Crippen molar-refractivity contribution in [1.29, 1.82) is 0 Å². The fourth-order valence-electron chi connectivity index (χ4n) is 5.87. The second-order valence-corrected chi connectivity index (χ2v) is 11.8. The van der Waals surface area contributed by atoms with Crippen LogP contribution >= 0.6 is 0 Å². The minimum Gasteiger partial charge on any atom is -0.374 e. The third kappa shape index (κ3) is 9.27. The van der Waals surface area contributed by atoms with Crippen LogP contribution in [0, 0.1) is 11.8 Å². The summed E-state index contributed by atoms with van der Waals surface area (Å²) in [5.41, 5.74) is 4.96. The predicted octanol–water partition coefficient (Wildman–Crippen LogP) is 7.45. The zero-order valence-corrected chi connectivity index (χ0v) is 26.9. The lowest BCUT2D eigenvalue weighted by atomic mass is 10.0. The first-order valence-electron chi connectivity index (χ1n) is 16.4. The molecule has 1 saturated heterocycles. The highest BCUT2D eigenvalue weighted by atomic mass is 16.6. The summed E-state index contributed by atoms with van der Waals surface area (Å²) in [4.78, 5) is 0. The van der Waals surface area contributed by atoms with E-state index in [4.69, 9.17) is 18.9 Å². The zero-order valence-electron chi connectivity index (χ0n) is 26.9. The molecule has 1 fully saturated rings. The van der Waals surface area contributed by atoms with E-state index in [2.05, 4.69) is 11.8 Å². The van der Waals surface area contributed by atoms with Crippen molar-refractivity contribution in [3.05, 3.63) is 179 Å². The fraction of sp³-hybridized carbons (Fsp3) is 0.238. The Morgan fingerprint density at radius 2 is 0.979 bits per heavy atom. The molecule has 0 bridgehead atoms. The minimum atomic E-state index is -0.698. The van der Waals surface area contributed by atoms with E-state index >= 15 is 0 Å². The Bertz CT molecular complexity index is 1690. The first-order valence-corrected chi connectivity index (χ1v) is 16.4. The van der Waals surface area contributed by atoms with Gasteiger partial charge in [0.25, 0.3) is 0 Å². The van der Waals surface area contributed by atoms with Gasteiger partial charge >= 0.3 is 0 Å². The van der Waals surface area contributed by atoms with Gasteiger partial charge < -0.3 is 24.2 Å². The van der Waals surface area contributed by atoms with Gasteiger partial charge in [-0.25, -0.2) is 0 Å². The molecular weight excluding hydrogens is 598 g/mol. The monoisotopic (exact) mass is 639 g/mol. The number of hydrogen-bond acceptors (Lipinski definition) is 6.